The maximum absolute atomic E-state index is 12.9. The first-order valence-electron chi connectivity index (χ1n) is 10.6. The van der Waals surface area contributed by atoms with Crippen molar-refractivity contribution in [3.05, 3.63) is 59.2 Å². The van der Waals surface area contributed by atoms with Crippen LogP contribution < -0.4 is 15.5 Å². The highest BCUT2D eigenvalue weighted by Crippen LogP contribution is 2.28. The molecule has 0 saturated carbocycles. The van der Waals surface area contributed by atoms with Gasteiger partial charge in [0.1, 0.15) is 5.75 Å². The van der Waals surface area contributed by atoms with Crippen molar-refractivity contribution in [2.24, 2.45) is 0 Å². The summed E-state index contributed by atoms with van der Waals surface area (Å²) in [6.07, 6.45) is 0.872. The van der Waals surface area contributed by atoms with Crippen LogP contribution >= 0.6 is 0 Å². The van der Waals surface area contributed by atoms with Crippen LogP contribution in [0.25, 0.3) is 0 Å². The highest BCUT2D eigenvalue weighted by molar-refractivity contribution is 5.93. The fourth-order valence-corrected chi connectivity index (χ4v) is 4.34. The fourth-order valence-electron chi connectivity index (χ4n) is 4.34. The molecule has 2 unspecified atom stereocenters. The molecule has 2 atom stereocenters. The van der Waals surface area contributed by atoms with Crippen molar-refractivity contribution >= 4 is 17.6 Å². The average molecular weight is 425 g/mol. The first-order chi connectivity index (χ1) is 14.9. The first kappa shape index (κ1) is 21.1. The lowest BCUT2D eigenvalue weighted by Crippen LogP contribution is -2.58. The number of nitrogens with zero attached hydrogens (tertiary/aromatic N) is 2. The Bertz CT molecular complexity index is 951. The van der Waals surface area contributed by atoms with Gasteiger partial charge < -0.3 is 15.0 Å². The van der Waals surface area contributed by atoms with Crippen molar-refractivity contribution < 1.29 is 19.5 Å². The number of nitrogens with one attached hydrogen (secondary N) is 2. The van der Waals surface area contributed by atoms with Crippen LogP contribution in [0.5, 0.6) is 5.75 Å². The third-order valence-corrected chi connectivity index (χ3v) is 6.01. The van der Waals surface area contributed by atoms with Gasteiger partial charge in [-0.2, -0.15) is 0 Å². The summed E-state index contributed by atoms with van der Waals surface area (Å²) in [5.74, 6) is 0.377. The molecule has 8 nitrogen and oxygen atoms in total. The van der Waals surface area contributed by atoms with Crippen LogP contribution in [0.2, 0.25) is 0 Å². The zero-order chi connectivity index (χ0) is 22.0. The van der Waals surface area contributed by atoms with Crippen molar-refractivity contribution in [2.45, 2.75) is 38.9 Å². The largest absolute Gasteiger partial charge is 0.493 e. The van der Waals surface area contributed by atoms with Crippen molar-refractivity contribution in [2.75, 3.05) is 25.0 Å². The Kier molecular flexibility index (Phi) is 6.11. The molecule has 3 amide bonds. The summed E-state index contributed by atoms with van der Waals surface area (Å²) in [5, 5.41) is 11.8. The fraction of sp³-hybridized carbons (Fsp3) is 0.391. The number of anilines is 1. The van der Waals surface area contributed by atoms with Gasteiger partial charge >= 0.3 is 6.03 Å². The Morgan fingerprint density at radius 3 is 2.48 bits per heavy atom. The highest BCUT2D eigenvalue weighted by atomic mass is 16.5. The first-order valence-corrected chi connectivity index (χ1v) is 10.6. The van der Waals surface area contributed by atoms with E-state index in [-0.39, 0.29) is 18.1 Å². The number of piperazine rings is 1. The Morgan fingerprint density at radius 2 is 1.81 bits per heavy atom. The lowest BCUT2D eigenvalue weighted by molar-refractivity contribution is 0.0526. The molecule has 1 saturated heterocycles. The van der Waals surface area contributed by atoms with E-state index in [2.05, 4.69) is 24.1 Å². The van der Waals surface area contributed by atoms with Gasteiger partial charge in [0.2, 0.25) is 0 Å². The molecule has 0 bridgehead atoms. The number of rotatable bonds is 4. The summed E-state index contributed by atoms with van der Waals surface area (Å²) >= 11 is 0. The number of hydroxylamine groups is 1. The van der Waals surface area contributed by atoms with Crippen molar-refractivity contribution in [1.82, 2.24) is 15.3 Å². The predicted octanol–water partition coefficient (Wildman–Crippen LogP) is 2.87. The molecule has 2 heterocycles. The Balaban J connectivity index is 1.36. The number of amides is 3. The molecule has 164 valence electrons. The molecule has 31 heavy (non-hydrogen) atoms. The molecule has 0 radical (unpaired) electrons. The molecular weight excluding hydrogens is 396 g/mol. The topological polar surface area (TPSA) is 94.1 Å². The third kappa shape index (κ3) is 4.65. The third-order valence-electron chi connectivity index (χ3n) is 6.01. The molecule has 1 fully saturated rings. The standard InChI is InChI=1S/C23H28N4O4/c1-15-12-26(23(29)24-20-7-8-21-19(11-20)9-10-31-21)13-16(2)27(15)14-17-3-5-18(6-4-17)22(28)25-30/h3-8,11,15-16,30H,9-10,12-14H2,1-2H3,(H,24,29)(H,25,28). The van der Waals surface area contributed by atoms with E-state index in [0.717, 1.165) is 35.5 Å². The number of urea groups is 1. The van der Waals surface area contributed by atoms with Gasteiger partial charge in [0, 0.05) is 49.4 Å². The smallest absolute Gasteiger partial charge is 0.321 e. The summed E-state index contributed by atoms with van der Waals surface area (Å²) in [5.41, 5.74) is 5.05. The van der Waals surface area contributed by atoms with Gasteiger partial charge in [-0.05, 0) is 55.3 Å². The molecule has 0 aliphatic carbocycles. The number of carbonyl (C=O) groups is 2. The van der Waals surface area contributed by atoms with E-state index < -0.39 is 5.91 Å². The van der Waals surface area contributed by atoms with Gasteiger partial charge in [0.05, 0.1) is 6.61 Å². The minimum Gasteiger partial charge on any atom is -0.493 e. The van der Waals surface area contributed by atoms with Crippen LogP contribution in [0.4, 0.5) is 10.5 Å². The average Bonchev–Trinajstić information content (AvgIpc) is 3.24. The molecule has 2 aromatic rings. The molecule has 4 rings (SSSR count). The van der Waals surface area contributed by atoms with Crippen molar-refractivity contribution in [1.29, 1.82) is 0 Å². The zero-order valence-corrected chi connectivity index (χ0v) is 17.8. The second-order valence-electron chi connectivity index (χ2n) is 8.26. The van der Waals surface area contributed by atoms with Crippen molar-refractivity contribution in [3.63, 3.8) is 0 Å². The minimum atomic E-state index is -0.524. The number of carbonyl (C=O) groups excluding carboxylic acids is 2. The lowest BCUT2D eigenvalue weighted by Gasteiger charge is -2.44. The van der Waals surface area contributed by atoms with Crippen LogP contribution in [-0.2, 0) is 13.0 Å². The van der Waals surface area contributed by atoms with Gasteiger partial charge in [-0.3, -0.25) is 14.9 Å². The van der Waals surface area contributed by atoms with E-state index in [0.29, 0.717) is 25.3 Å². The van der Waals surface area contributed by atoms with Gasteiger partial charge in [-0.15, -0.1) is 0 Å². The number of hydrogen-bond donors (Lipinski definition) is 3. The summed E-state index contributed by atoms with van der Waals surface area (Å²) in [4.78, 5) is 28.6. The van der Waals surface area contributed by atoms with E-state index >= 15 is 0 Å². The Hall–Kier alpha value is -3.10. The minimum absolute atomic E-state index is 0.0865. The van der Waals surface area contributed by atoms with Crippen LogP contribution in [0.1, 0.15) is 35.3 Å². The van der Waals surface area contributed by atoms with Gasteiger partial charge in [0.15, 0.2) is 0 Å². The molecule has 2 aromatic carbocycles. The molecule has 2 aliphatic heterocycles. The highest BCUT2D eigenvalue weighted by Gasteiger charge is 2.32. The van der Waals surface area contributed by atoms with E-state index in [4.69, 9.17) is 9.94 Å². The van der Waals surface area contributed by atoms with E-state index in [9.17, 15) is 9.59 Å². The summed E-state index contributed by atoms with van der Waals surface area (Å²) in [6, 6.07) is 13.2. The number of hydrogen-bond acceptors (Lipinski definition) is 5. The van der Waals surface area contributed by atoms with Crippen LogP contribution in [0.3, 0.4) is 0 Å². The van der Waals surface area contributed by atoms with Gasteiger partial charge in [-0.25, -0.2) is 10.3 Å². The monoisotopic (exact) mass is 424 g/mol. The Morgan fingerprint density at radius 1 is 1.10 bits per heavy atom. The summed E-state index contributed by atoms with van der Waals surface area (Å²) < 4.78 is 5.53. The van der Waals surface area contributed by atoms with Crippen LogP contribution in [-0.4, -0.2) is 58.7 Å². The van der Waals surface area contributed by atoms with E-state index in [1.54, 1.807) is 17.6 Å². The molecular formula is C23H28N4O4. The summed E-state index contributed by atoms with van der Waals surface area (Å²) in [6.45, 7) is 6.93. The van der Waals surface area contributed by atoms with Crippen LogP contribution in [0.15, 0.2) is 42.5 Å². The predicted molar refractivity (Wildman–Crippen MR) is 116 cm³/mol. The molecule has 2 aliphatic rings. The van der Waals surface area contributed by atoms with Crippen molar-refractivity contribution in [3.8, 4) is 5.75 Å². The molecule has 0 aromatic heterocycles. The SMILES string of the molecule is CC1CN(C(=O)Nc2ccc3c(c2)CCO3)CC(C)N1Cc1ccc(C(=O)NO)cc1. The lowest BCUT2D eigenvalue weighted by atomic mass is 10.1. The number of benzene rings is 2. The second-order valence-corrected chi connectivity index (χ2v) is 8.26. The molecule has 8 heteroatoms. The van der Waals surface area contributed by atoms with Gasteiger partial charge in [-0.1, -0.05) is 12.1 Å². The molecule has 3 N–H and O–H groups in total. The van der Waals surface area contributed by atoms with Gasteiger partial charge in [0.25, 0.3) is 5.91 Å². The Labute approximate surface area is 181 Å². The summed E-state index contributed by atoms with van der Waals surface area (Å²) in [7, 11) is 0. The number of ether oxygens (including phenoxy) is 1. The molecule has 0 spiro atoms. The zero-order valence-electron chi connectivity index (χ0n) is 17.8. The van der Waals surface area contributed by atoms with Crippen LogP contribution in [0, 0.1) is 0 Å². The van der Waals surface area contributed by atoms with E-state index in [1.807, 2.05) is 35.2 Å². The number of fused-ring (bicyclic) bond motifs is 1. The maximum atomic E-state index is 12.9. The quantitative estimate of drug-likeness (QED) is 0.518. The van der Waals surface area contributed by atoms with E-state index in [1.165, 1.54) is 0 Å². The second kappa shape index (κ2) is 8.95. The normalized spacial score (nSPS) is 20.7. The maximum Gasteiger partial charge on any atom is 0.321 e.